The van der Waals surface area contributed by atoms with Gasteiger partial charge >= 0.3 is 0 Å². The standard InChI is InChI=1S/C19H14N4/c1-3-8-15(9-4-1)18-21-22-19(16-10-7-13-20-14-16)23(18)17-11-5-2-6-12-17/h1-14H. The van der Waals surface area contributed by atoms with E-state index in [4.69, 9.17) is 0 Å². The molecule has 0 saturated heterocycles. The van der Waals surface area contributed by atoms with Crippen LogP contribution in [0.5, 0.6) is 0 Å². The summed E-state index contributed by atoms with van der Waals surface area (Å²) in [6, 6.07) is 24.1. The molecule has 0 fully saturated rings. The van der Waals surface area contributed by atoms with Gasteiger partial charge in [0.1, 0.15) is 0 Å². The largest absolute Gasteiger partial charge is 0.275 e. The number of hydrogen-bond donors (Lipinski definition) is 0. The van der Waals surface area contributed by atoms with Gasteiger partial charge in [0.2, 0.25) is 0 Å². The highest BCUT2D eigenvalue weighted by atomic mass is 15.3. The van der Waals surface area contributed by atoms with Gasteiger partial charge in [-0.1, -0.05) is 48.5 Å². The van der Waals surface area contributed by atoms with Crippen LogP contribution in [-0.2, 0) is 0 Å². The molecule has 0 aliphatic rings. The van der Waals surface area contributed by atoms with Crippen LogP contribution in [-0.4, -0.2) is 19.7 Å². The van der Waals surface area contributed by atoms with Crippen molar-refractivity contribution in [2.75, 3.05) is 0 Å². The molecule has 0 aliphatic carbocycles. The van der Waals surface area contributed by atoms with Gasteiger partial charge in [-0.3, -0.25) is 9.55 Å². The smallest absolute Gasteiger partial charge is 0.170 e. The molecule has 2 aromatic heterocycles. The second-order valence-electron chi connectivity index (χ2n) is 5.13. The molecule has 0 saturated carbocycles. The predicted octanol–water partition coefficient (Wildman–Crippen LogP) is 4.00. The summed E-state index contributed by atoms with van der Waals surface area (Å²) in [6.07, 6.45) is 3.56. The van der Waals surface area contributed by atoms with Gasteiger partial charge in [0.25, 0.3) is 0 Å². The van der Waals surface area contributed by atoms with E-state index >= 15 is 0 Å². The first kappa shape index (κ1) is 13.4. The minimum atomic E-state index is 0.781. The summed E-state index contributed by atoms with van der Waals surface area (Å²) in [5, 5.41) is 8.84. The molecule has 4 aromatic rings. The SMILES string of the molecule is c1ccc(-c2nnc(-c3cccnc3)n2-c2ccccc2)cc1. The highest BCUT2D eigenvalue weighted by molar-refractivity contribution is 5.66. The van der Waals surface area contributed by atoms with Crippen molar-refractivity contribution in [1.82, 2.24) is 19.7 Å². The molecular weight excluding hydrogens is 284 g/mol. The lowest BCUT2D eigenvalue weighted by Crippen LogP contribution is -2.00. The average Bonchev–Trinajstić information content (AvgIpc) is 3.09. The third kappa shape index (κ3) is 2.51. The van der Waals surface area contributed by atoms with E-state index in [-0.39, 0.29) is 0 Å². The van der Waals surface area contributed by atoms with Gasteiger partial charge in [-0.15, -0.1) is 10.2 Å². The van der Waals surface area contributed by atoms with E-state index in [1.807, 2.05) is 60.7 Å². The average molecular weight is 298 g/mol. The molecule has 2 aromatic carbocycles. The first-order valence-corrected chi connectivity index (χ1v) is 7.40. The van der Waals surface area contributed by atoms with E-state index in [1.54, 1.807) is 12.4 Å². The molecule has 0 aliphatic heterocycles. The molecule has 0 unspecified atom stereocenters. The Labute approximate surface area is 134 Å². The van der Waals surface area contributed by atoms with Gasteiger partial charge in [-0.05, 0) is 24.3 Å². The summed E-state index contributed by atoms with van der Waals surface area (Å²) >= 11 is 0. The highest BCUT2D eigenvalue weighted by Gasteiger charge is 2.16. The first-order chi connectivity index (χ1) is 11.4. The van der Waals surface area contributed by atoms with Gasteiger partial charge in [0.15, 0.2) is 11.6 Å². The van der Waals surface area contributed by atoms with Crippen molar-refractivity contribution in [3.63, 3.8) is 0 Å². The predicted molar refractivity (Wildman–Crippen MR) is 90.0 cm³/mol. The zero-order chi connectivity index (χ0) is 15.5. The quantitative estimate of drug-likeness (QED) is 0.574. The van der Waals surface area contributed by atoms with Crippen molar-refractivity contribution in [3.8, 4) is 28.5 Å². The molecular formula is C19H14N4. The second-order valence-corrected chi connectivity index (χ2v) is 5.13. The second kappa shape index (κ2) is 5.85. The maximum atomic E-state index is 4.42. The minimum absolute atomic E-state index is 0.781. The van der Waals surface area contributed by atoms with Gasteiger partial charge in [-0.2, -0.15) is 0 Å². The van der Waals surface area contributed by atoms with Gasteiger partial charge in [0, 0.05) is 29.2 Å². The molecule has 4 heteroatoms. The Kier molecular flexibility index (Phi) is 3.41. The number of para-hydroxylation sites is 1. The normalized spacial score (nSPS) is 10.6. The molecule has 0 amide bonds. The summed E-state index contributed by atoms with van der Waals surface area (Å²) in [5.74, 6) is 1.60. The molecule has 0 spiro atoms. The van der Waals surface area contributed by atoms with Crippen LogP contribution in [0.3, 0.4) is 0 Å². The molecule has 4 nitrogen and oxygen atoms in total. The Morgan fingerprint density at radius 1 is 0.609 bits per heavy atom. The minimum Gasteiger partial charge on any atom is -0.275 e. The van der Waals surface area contributed by atoms with Crippen LogP contribution in [0.4, 0.5) is 0 Å². The molecule has 2 heterocycles. The van der Waals surface area contributed by atoms with Crippen molar-refractivity contribution < 1.29 is 0 Å². The van der Waals surface area contributed by atoms with Crippen LogP contribution in [0.2, 0.25) is 0 Å². The summed E-state index contributed by atoms with van der Waals surface area (Å²) in [6.45, 7) is 0. The molecule has 23 heavy (non-hydrogen) atoms. The van der Waals surface area contributed by atoms with Crippen molar-refractivity contribution >= 4 is 0 Å². The monoisotopic (exact) mass is 298 g/mol. The highest BCUT2D eigenvalue weighted by Crippen LogP contribution is 2.27. The molecule has 4 rings (SSSR count). The molecule has 0 radical (unpaired) electrons. The van der Waals surface area contributed by atoms with Crippen LogP contribution in [0.1, 0.15) is 0 Å². The van der Waals surface area contributed by atoms with Gasteiger partial charge < -0.3 is 0 Å². The third-order valence-electron chi connectivity index (χ3n) is 3.63. The fourth-order valence-corrected chi connectivity index (χ4v) is 2.56. The molecule has 0 bridgehead atoms. The van der Waals surface area contributed by atoms with Crippen LogP contribution < -0.4 is 0 Å². The van der Waals surface area contributed by atoms with E-state index in [0.717, 1.165) is 28.5 Å². The van der Waals surface area contributed by atoms with Gasteiger partial charge in [0.05, 0.1) is 0 Å². The van der Waals surface area contributed by atoms with Crippen molar-refractivity contribution in [2.45, 2.75) is 0 Å². The number of pyridine rings is 1. The number of aromatic nitrogens is 4. The third-order valence-corrected chi connectivity index (χ3v) is 3.63. The Balaban J connectivity index is 1.97. The zero-order valence-corrected chi connectivity index (χ0v) is 12.4. The summed E-state index contributed by atoms with van der Waals surface area (Å²) in [7, 11) is 0. The van der Waals surface area contributed by atoms with Crippen molar-refractivity contribution in [2.24, 2.45) is 0 Å². The number of nitrogens with zero attached hydrogens (tertiary/aromatic N) is 4. The summed E-state index contributed by atoms with van der Waals surface area (Å²) < 4.78 is 2.06. The maximum absolute atomic E-state index is 4.42. The topological polar surface area (TPSA) is 43.6 Å². The summed E-state index contributed by atoms with van der Waals surface area (Å²) in [4.78, 5) is 4.20. The van der Waals surface area contributed by atoms with E-state index < -0.39 is 0 Å². The zero-order valence-electron chi connectivity index (χ0n) is 12.4. The lowest BCUT2D eigenvalue weighted by Gasteiger charge is -2.10. The van der Waals surface area contributed by atoms with Crippen molar-refractivity contribution in [1.29, 1.82) is 0 Å². The number of benzene rings is 2. The maximum Gasteiger partial charge on any atom is 0.170 e. The molecule has 0 atom stereocenters. The van der Waals surface area contributed by atoms with E-state index in [0.29, 0.717) is 0 Å². The van der Waals surface area contributed by atoms with Crippen LogP contribution in [0.25, 0.3) is 28.5 Å². The first-order valence-electron chi connectivity index (χ1n) is 7.40. The van der Waals surface area contributed by atoms with Crippen LogP contribution in [0, 0.1) is 0 Å². The summed E-state index contributed by atoms with van der Waals surface area (Å²) in [5.41, 5.74) is 2.99. The van der Waals surface area contributed by atoms with E-state index in [2.05, 4.69) is 31.9 Å². The van der Waals surface area contributed by atoms with Gasteiger partial charge in [-0.25, -0.2) is 0 Å². The fraction of sp³-hybridized carbons (Fsp3) is 0. The van der Waals surface area contributed by atoms with E-state index in [1.165, 1.54) is 0 Å². The lowest BCUT2D eigenvalue weighted by atomic mass is 10.2. The fourth-order valence-electron chi connectivity index (χ4n) is 2.56. The van der Waals surface area contributed by atoms with Crippen LogP contribution >= 0.6 is 0 Å². The lowest BCUT2D eigenvalue weighted by molar-refractivity contribution is 1.07. The van der Waals surface area contributed by atoms with Crippen molar-refractivity contribution in [3.05, 3.63) is 85.2 Å². The Bertz CT molecular complexity index is 843. The number of hydrogen-bond acceptors (Lipinski definition) is 3. The number of rotatable bonds is 3. The Morgan fingerprint density at radius 2 is 1.22 bits per heavy atom. The van der Waals surface area contributed by atoms with E-state index in [9.17, 15) is 0 Å². The Hall–Kier alpha value is -3.27. The molecule has 110 valence electrons. The molecule has 0 N–H and O–H groups in total. The Morgan fingerprint density at radius 3 is 1.87 bits per heavy atom. The van der Waals surface area contributed by atoms with Crippen LogP contribution in [0.15, 0.2) is 85.2 Å².